The van der Waals surface area contributed by atoms with Gasteiger partial charge in [0.15, 0.2) is 5.84 Å². The summed E-state index contributed by atoms with van der Waals surface area (Å²) in [4.78, 5) is 2.55. The van der Waals surface area contributed by atoms with Crippen LogP contribution in [0.15, 0.2) is 53.6 Å². The molecular formula is C22H29N5. The standard InChI is InChI=1S/C22H29N5/c1-16-9-5-8-12-19(16)20(21-23-24-25-27(21)22(2,3)4)26-14-13-17-10-6-7-11-18(17)15-26/h5-12,20,24-25H,13-15H2,1-4H3. The summed E-state index contributed by atoms with van der Waals surface area (Å²) in [6.07, 6.45) is 1.07. The lowest BCUT2D eigenvalue weighted by molar-refractivity contribution is 0.138. The van der Waals surface area contributed by atoms with E-state index < -0.39 is 0 Å². The average Bonchev–Trinajstić information content (AvgIpc) is 3.13. The van der Waals surface area contributed by atoms with Gasteiger partial charge in [-0.05, 0) is 56.4 Å². The van der Waals surface area contributed by atoms with E-state index in [4.69, 9.17) is 0 Å². The van der Waals surface area contributed by atoms with Gasteiger partial charge in [0.05, 0.1) is 11.6 Å². The van der Waals surface area contributed by atoms with Crippen LogP contribution in [-0.4, -0.2) is 27.8 Å². The van der Waals surface area contributed by atoms with Crippen molar-refractivity contribution in [3.8, 4) is 0 Å². The maximum atomic E-state index is 4.67. The summed E-state index contributed by atoms with van der Waals surface area (Å²) in [6.45, 7) is 10.7. The Balaban J connectivity index is 1.75. The number of nitrogens with zero attached hydrogens (tertiary/aromatic N) is 3. The van der Waals surface area contributed by atoms with Crippen molar-refractivity contribution in [2.24, 2.45) is 5.10 Å². The van der Waals surface area contributed by atoms with Gasteiger partial charge in [0.2, 0.25) is 0 Å². The van der Waals surface area contributed by atoms with Gasteiger partial charge >= 0.3 is 0 Å². The molecule has 2 aromatic carbocycles. The quantitative estimate of drug-likeness (QED) is 0.875. The van der Waals surface area contributed by atoms with Crippen LogP contribution in [0.2, 0.25) is 0 Å². The van der Waals surface area contributed by atoms with Gasteiger partial charge in [-0.15, -0.1) is 10.6 Å². The monoisotopic (exact) mass is 363 g/mol. The summed E-state index contributed by atoms with van der Waals surface area (Å²) in [5.74, 6) is 1.02. The van der Waals surface area contributed by atoms with Crippen LogP contribution >= 0.6 is 0 Å². The number of nitrogens with one attached hydrogen (secondary N) is 2. The molecule has 2 aliphatic rings. The molecule has 0 aliphatic carbocycles. The lowest BCUT2D eigenvalue weighted by Gasteiger charge is -2.41. The molecule has 2 heterocycles. The van der Waals surface area contributed by atoms with Crippen LogP contribution in [0.1, 0.15) is 49.1 Å². The number of hydrazone groups is 1. The normalized spacial score (nSPS) is 18.7. The van der Waals surface area contributed by atoms with Gasteiger partial charge in [0.1, 0.15) is 0 Å². The number of hydrazine groups is 2. The Hall–Kier alpha value is -2.37. The molecule has 2 aromatic rings. The third-order valence-electron chi connectivity index (χ3n) is 5.49. The maximum Gasteiger partial charge on any atom is 0.164 e. The van der Waals surface area contributed by atoms with Crippen molar-refractivity contribution in [2.75, 3.05) is 6.54 Å². The zero-order valence-corrected chi connectivity index (χ0v) is 16.7. The highest BCUT2D eigenvalue weighted by molar-refractivity contribution is 5.89. The molecule has 0 fully saturated rings. The molecule has 2 aliphatic heterocycles. The van der Waals surface area contributed by atoms with Crippen molar-refractivity contribution in [1.29, 1.82) is 0 Å². The minimum Gasteiger partial charge on any atom is -0.285 e. The van der Waals surface area contributed by atoms with Crippen LogP contribution < -0.4 is 11.1 Å². The molecule has 142 valence electrons. The molecule has 27 heavy (non-hydrogen) atoms. The fourth-order valence-electron chi connectivity index (χ4n) is 4.06. The highest BCUT2D eigenvalue weighted by Gasteiger charge is 2.38. The van der Waals surface area contributed by atoms with Crippen LogP contribution in [0, 0.1) is 6.92 Å². The predicted molar refractivity (Wildman–Crippen MR) is 110 cm³/mol. The predicted octanol–water partition coefficient (Wildman–Crippen LogP) is 3.53. The Morgan fingerprint density at radius 1 is 1.00 bits per heavy atom. The van der Waals surface area contributed by atoms with Crippen LogP contribution in [0.25, 0.3) is 0 Å². The third kappa shape index (κ3) is 3.45. The summed E-state index contributed by atoms with van der Waals surface area (Å²) in [6, 6.07) is 17.6. The van der Waals surface area contributed by atoms with Crippen molar-refractivity contribution < 1.29 is 0 Å². The average molecular weight is 364 g/mol. The van der Waals surface area contributed by atoms with Crippen molar-refractivity contribution in [3.63, 3.8) is 0 Å². The topological polar surface area (TPSA) is 42.9 Å². The number of aryl methyl sites for hydroxylation is 1. The fraction of sp³-hybridized carbons (Fsp3) is 0.409. The van der Waals surface area contributed by atoms with E-state index in [1.165, 1.54) is 22.3 Å². The van der Waals surface area contributed by atoms with E-state index in [-0.39, 0.29) is 11.6 Å². The van der Waals surface area contributed by atoms with Crippen molar-refractivity contribution in [2.45, 2.75) is 52.2 Å². The Morgan fingerprint density at radius 3 is 2.44 bits per heavy atom. The SMILES string of the molecule is Cc1ccccc1C(C1=NNNN1C(C)(C)C)N1CCc2ccccc2C1. The van der Waals surface area contributed by atoms with Crippen LogP contribution in [0.5, 0.6) is 0 Å². The number of fused-ring (bicyclic) bond motifs is 1. The first-order valence-electron chi connectivity index (χ1n) is 9.70. The van der Waals surface area contributed by atoms with Gasteiger partial charge in [0, 0.05) is 13.1 Å². The lowest BCUT2D eigenvalue weighted by atomic mass is 9.93. The molecule has 1 atom stereocenters. The van der Waals surface area contributed by atoms with Gasteiger partial charge in [-0.3, -0.25) is 9.91 Å². The summed E-state index contributed by atoms with van der Waals surface area (Å²) in [7, 11) is 0. The molecule has 0 bridgehead atoms. The Morgan fingerprint density at radius 2 is 1.70 bits per heavy atom. The first kappa shape index (κ1) is 18.0. The van der Waals surface area contributed by atoms with E-state index in [1.54, 1.807) is 0 Å². The van der Waals surface area contributed by atoms with Crippen LogP contribution in [0.3, 0.4) is 0 Å². The molecule has 1 unspecified atom stereocenters. The first-order chi connectivity index (χ1) is 12.9. The molecule has 0 saturated carbocycles. The number of amidine groups is 1. The van der Waals surface area contributed by atoms with Gasteiger partial charge < -0.3 is 0 Å². The number of hydrogen-bond acceptors (Lipinski definition) is 5. The smallest absolute Gasteiger partial charge is 0.164 e. The van der Waals surface area contributed by atoms with Crippen LogP contribution in [0.4, 0.5) is 0 Å². The zero-order valence-electron chi connectivity index (χ0n) is 16.7. The number of rotatable bonds is 3. The molecule has 4 rings (SSSR count). The largest absolute Gasteiger partial charge is 0.285 e. The summed E-state index contributed by atoms with van der Waals surface area (Å²) in [5, 5.41) is 6.83. The van der Waals surface area contributed by atoms with Crippen molar-refractivity contribution >= 4 is 5.84 Å². The molecule has 0 amide bonds. The highest BCUT2D eigenvalue weighted by atomic mass is 15.8. The second kappa shape index (κ2) is 6.98. The molecule has 0 saturated heterocycles. The van der Waals surface area contributed by atoms with Gasteiger partial charge in [-0.1, -0.05) is 48.5 Å². The number of benzene rings is 2. The zero-order chi connectivity index (χ0) is 19.0. The van der Waals surface area contributed by atoms with E-state index in [0.29, 0.717) is 0 Å². The first-order valence-corrected chi connectivity index (χ1v) is 9.70. The van der Waals surface area contributed by atoms with Crippen molar-refractivity contribution in [3.05, 3.63) is 70.8 Å². The minimum absolute atomic E-state index is 0.0863. The van der Waals surface area contributed by atoms with E-state index in [9.17, 15) is 0 Å². The van der Waals surface area contributed by atoms with Crippen molar-refractivity contribution in [1.82, 2.24) is 21.0 Å². The fourth-order valence-corrected chi connectivity index (χ4v) is 4.06. The van der Waals surface area contributed by atoms with E-state index in [2.05, 4.69) is 102 Å². The van der Waals surface area contributed by atoms with E-state index >= 15 is 0 Å². The molecule has 2 N–H and O–H groups in total. The van der Waals surface area contributed by atoms with E-state index in [0.717, 1.165) is 25.3 Å². The summed E-state index contributed by atoms with van der Waals surface area (Å²) < 4.78 is 0. The van der Waals surface area contributed by atoms with Gasteiger partial charge in [-0.25, -0.2) is 5.53 Å². The molecular weight excluding hydrogens is 334 g/mol. The molecule has 0 spiro atoms. The highest BCUT2D eigenvalue weighted by Crippen LogP contribution is 2.33. The second-order valence-corrected chi connectivity index (χ2v) is 8.45. The molecule has 0 radical (unpaired) electrons. The minimum atomic E-state index is -0.0863. The van der Waals surface area contributed by atoms with E-state index in [1.807, 2.05) is 0 Å². The Kier molecular flexibility index (Phi) is 4.66. The second-order valence-electron chi connectivity index (χ2n) is 8.45. The molecule has 5 nitrogen and oxygen atoms in total. The third-order valence-corrected chi connectivity index (χ3v) is 5.49. The van der Waals surface area contributed by atoms with Gasteiger partial charge in [0.25, 0.3) is 0 Å². The van der Waals surface area contributed by atoms with Gasteiger partial charge in [-0.2, -0.15) is 0 Å². The van der Waals surface area contributed by atoms with Crippen LogP contribution in [-0.2, 0) is 13.0 Å². The maximum absolute atomic E-state index is 4.67. The molecule has 0 aromatic heterocycles. The Bertz CT molecular complexity index is 852. The number of hydrogen-bond donors (Lipinski definition) is 2. The molecule has 5 heteroatoms. The lowest BCUT2D eigenvalue weighted by Crippen LogP contribution is -2.55. The summed E-state index contributed by atoms with van der Waals surface area (Å²) >= 11 is 0. The Labute approximate surface area is 162 Å². The summed E-state index contributed by atoms with van der Waals surface area (Å²) in [5.41, 5.74) is 11.6.